The Morgan fingerprint density at radius 2 is 1.70 bits per heavy atom. The molecule has 0 aliphatic rings. The first kappa shape index (κ1) is 19.9. The van der Waals surface area contributed by atoms with Crippen molar-refractivity contribution in [2.75, 3.05) is 5.32 Å². The van der Waals surface area contributed by atoms with Gasteiger partial charge in [-0.05, 0) is 22.9 Å². The van der Waals surface area contributed by atoms with Crippen molar-refractivity contribution in [2.45, 2.75) is 0 Å². The number of phenolic OH excluding ortho intramolecular Hbond substituents is 1. The number of H-pyrrole nitrogens is 1. The lowest BCUT2D eigenvalue weighted by molar-refractivity contribution is 0.102. The number of benzene rings is 4. The number of amides is 1. The van der Waals surface area contributed by atoms with Crippen molar-refractivity contribution in [1.29, 1.82) is 5.26 Å². The number of nitrogens with one attached hydrogen (secondary N) is 2. The van der Waals surface area contributed by atoms with Gasteiger partial charge in [-0.15, -0.1) is 10.2 Å². The van der Waals surface area contributed by atoms with E-state index in [0.29, 0.717) is 16.5 Å². The fourth-order valence-electron chi connectivity index (χ4n) is 3.65. The summed E-state index contributed by atoms with van der Waals surface area (Å²) in [5.41, 5.74) is 1.02. The monoisotopic (exact) mass is 432 g/mol. The number of azo groups is 1. The zero-order valence-corrected chi connectivity index (χ0v) is 17.1. The first-order valence-electron chi connectivity index (χ1n) is 10.0. The number of nitriles is 1. The van der Waals surface area contributed by atoms with E-state index >= 15 is 0 Å². The maximum Gasteiger partial charge on any atom is 0.259 e. The summed E-state index contributed by atoms with van der Waals surface area (Å²) in [7, 11) is 0. The van der Waals surface area contributed by atoms with Crippen molar-refractivity contribution in [3.8, 4) is 11.8 Å². The number of hydrogen-bond acceptors (Lipinski definition) is 6. The van der Waals surface area contributed by atoms with Crippen LogP contribution in [0.5, 0.6) is 5.75 Å². The highest BCUT2D eigenvalue weighted by molar-refractivity contribution is 6.14. The van der Waals surface area contributed by atoms with Gasteiger partial charge in [0.2, 0.25) is 0 Å². The lowest BCUT2D eigenvalue weighted by Crippen LogP contribution is -2.12. The second-order valence-corrected chi connectivity index (χ2v) is 7.27. The lowest BCUT2D eigenvalue weighted by Gasteiger charge is -2.12. The predicted octanol–water partition coefficient (Wildman–Crippen LogP) is 5.96. The molecule has 1 heterocycles. The van der Waals surface area contributed by atoms with E-state index in [0.717, 1.165) is 10.8 Å². The molecule has 1 aromatic heterocycles. The number of hydrogen-bond donors (Lipinski definition) is 3. The van der Waals surface area contributed by atoms with E-state index in [4.69, 9.17) is 5.26 Å². The SMILES string of the molecule is N#Cc1cn[nH]c1/N=N/c1c(O)c(C(=O)Nc2cccc3ccccc23)cc2ccccc12. The van der Waals surface area contributed by atoms with Gasteiger partial charge in [-0.1, -0.05) is 60.7 Å². The van der Waals surface area contributed by atoms with Crippen LogP contribution in [0.3, 0.4) is 0 Å². The Morgan fingerprint density at radius 3 is 2.52 bits per heavy atom. The molecule has 4 aromatic carbocycles. The average molecular weight is 432 g/mol. The van der Waals surface area contributed by atoms with E-state index in [-0.39, 0.29) is 28.4 Å². The summed E-state index contributed by atoms with van der Waals surface area (Å²) in [5, 5.41) is 40.8. The van der Waals surface area contributed by atoms with E-state index in [1.807, 2.05) is 54.6 Å². The molecule has 8 nitrogen and oxygen atoms in total. The molecule has 5 aromatic rings. The quantitative estimate of drug-likeness (QED) is 0.303. The maximum absolute atomic E-state index is 13.2. The van der Waals surface area contributed by atoms with Gasteiger partial charge in [-0.2, -0.15) is 10.4 Å². The highest BCUT2D eigenvalue weighted by atomic mass is 16.3. The first-order chi connectivity index (χ1) is 16.2. The Labute approximate surface area is 187 Å². The first-order valence-corrected chi connectivity index (χ1v) is 10.0. The van der Waals surface area contributed by atoms with Crippen LogP contribution in [0.25, 0.3) is 21.5 Å². The molecule has 3 N–H and O–H groups in total. The molecule has 0 atom stereocenters. The zero-order valence-electron chi connectivity index (χ0n) is 17.1. The number of rotatable bonds is 4. The Morgan fingerprint density at radius 1 is 0.970 bits per heavy atom. The molecule has 0 unspecified atom stereocenters. The molecule has 0 aliphatic heterocycles. The van der Waals surface area contributed by atoms with E-state index in [1.54, 1.807) is 24.3 Å². The van der Waals surface area contributed by atoms with Crippen LogP contribution >= 0.6 is 0 Å². The number of carbonyl (C=O) groups is 1. The Bertz CT molecular complexity index is 1590. The van der Waals surface area contributed by atoms with Crippen LogP contribution in [-0.4, -0.2) is 21.2 Å². The Balaban J connectivity index is 1.59. The van der Waals surface area contributed by atoms with E-state index in [9.17, 15) is 9.90 Å². The summed E-state index contributed by atoms with van der Waals surface area (Å²) in [6.07, 6.45) is 1.33. The Hall–Kier alpha value is -5.03. The van der Waals surface area contributed by atoms with Gasteiger partial charge >= 0.3 is 0 Å². The van der Waals surface area contributed by atoms with Gasteiger partial charge in [0.15, 0.2) is 11.6 Å². The van der Waals surface area contributed by atoms with Crippen molar-refractivity contribution in [2.24, 2.45) is 10.2 Å². The predicted molar refractivity (Wildman–Crippen MR) is 125 cm³/mol. The third-order valence-corrected chi connectivity index (χ3v) is 5.27. The van der Waals surface area contributed by atoms with Gasteiger partial charge in [0.25, 0.3) is 5.91 Å². The summed E-state index contributed by atoms with van der Waals surface area (Å²) in [5.74, 6) is -0.634. The van der Waals surface area contributed by atoms with Gasteiger partial charge in [0, 0.05) is 16.5 Å². The van der Waals surface area contributed by atoms with Crippen LogP contribution in [-0.2, 0) is 0 Å². The minimum Gasteiger partial charge on any atom is -0.505 e. The van der Waals surface area contributed by atoms with Crippen LogP contribution in [0.1, 0.15) is 15.9 Å². The molecule has 0 saturated carbocycles. The van der Waals surface area contributed by atoms with Gasteiger partial charge in [0.1, 0.15) is 17.3 Å². The molecule has 33 heavy (non-hydrogen) atoms. The second kappa shape index (κ2) is 8.24. The van der Waals surface area contributed by atoms with Crippen LogP contribution in [0.15, 0.2) is 89.2 Å². The number of nitrogens with zero attached hydrogens (tertiary/aromatic N) is 4. The van der Waals surface area contributed by atoms with Crippen molar-refractivity contribution in [3.63, 3.8) is 0 Å². The van der Waals surface area contributed by atoms with Crippen molar-refractivity contribution in [3.05, 3.63) is 90.1 Å². The standard InChI is InChI=1S/C25H16N6O2/c26-13-17-14-27-30-24(17)31-29-22-19-10-4-2-7-16(19)12-20(23(22)32)25(33)28-21-11-5-8-15-6-1-3-9-18(15)21/h1-12,14,32H,(H,27,30)(H,28,33)/b31-29+. The largest absolute Gasteiger partial charge is 0.505 e. The number of carbonyl (C=O) groups excluding carboxylic acids is 1. The minimum absolute atomic E-state index is 0.0562. The number of aromatic nitrogens is 2. The zero-order chi connectivity index (χ0) is 22.8. The summed E-state index contributed by atoms with van der Waals surface area (Å²) in [6, 6.07) is 24.1. The molecule has 5 rings (SSSR count). The maximum atomic E-state index is 13.2. The molecule has 0 spiro atoms. The van der Waals surface area contributed by atoms with Crippen molar-refractivity contribution in [1.82, 2.24) is 10.2 Å². The molecule has 0 aliphatic carbocycles. The summed E-state index contributed by atoms with van der Waals surface area (Å²) >= 11 is 0. The molecule has 0 saturated heterocycles. The summed E-state index contributed by atoms with van der Waals surface area (Å²) in [6.45, 7) is 0. The molecule has 158 valence electrons. The fourth-order valence-corrected chi connectivity index (χ4v) is 3.65. The van der Waals surface area contributed by atoms with Crippen LogP contribution in [0.2, 0.25) is 0 Å². The van der Waals surface area contributed by atoms with E-state index < -0.39 is 5.91 Å². The number of aromatic amines is 1. The van der Waals surface area contributed by atoms with E-state index in [2.05, 4.69) is 25.7 Å². The Kier molecular flexibility index (Phi) is 4.97. The van der Waals surface area contributed by atoms with Crippen LogP contribution in [0, 0.1) is 11.3 Å². The second-order valence-electron chi connectivity index (χ2n) is 7.27. The topological polar surface area (TPSA) is 127 Å². The molecule has 8 heteroatoms. The van der Waals surface area contributed by atoms with E-state index in [1.165, 1.54) is 6.20 Å². The minimum atomic E-state index is -0.481. The number of aromatic hydroxyl groups is 1. The third kappa shape index (κ3) is 3.64. The number of fused-ring (bicyclic) bond motifs is 2. The average Bonchev–Trinajstić information content (AvgIpc) is 3.31. The normalized spacial score (nSPS) is 11.1. The highest BCUT2D eigenvalue weighted by Gasteiger charge is 2.19. The van der Waals surface area contributed by atoms with Crippen molar-refractivity contribution < 1.29 is 9.90 Å². The van der Waals surface area contributed by atoms with Crippen LogP contribution in [0.4, 0.5) is 17.2 Å². The molecular weight excluding hydrogens is 416 g/mol. The molecule has 0 bridgehead atoms. The fraction of sp³-hybridized carbons (Fsp3) is 0. The smallest absolute Gasteiger partial charge is 0.259 e. The molecule has 1 amide bonds. The van der Waals surface area contributed by atoms with Crippen molar-refractivity contribution >= 4 is 44.6 Å². The van der Waals surface area contributed by atoms with Gasteiger partial charge in [0.05, 0.1) is 11.8 Å². The van der Waals surface area contributed by atoms with Gasteiger partial charge in [-0.25, -0.2) is 0 Å². The van der Waals surface area contributed by atoms with Crippen LogP contribution < -0.4 is 5.32 Å². The van der Waals surface area contributed by atoms with Gasteiger partial charge < -0.3 is 10.4 Å². The number of phenols is 1. The molecule has 0 radical (unpaired) electrons. The third-order valence-electron chi connectivity index (χ3n) is 5.27. The number of anilines is 1. The summed E-state index contributed by atoms with van der Waals surface area (Å²) < 4.78 is 0. The molecular formula is C25H16N6O2. The highest BCUT2D eigenvalue weighted by Crippen LogP contribution is 2.40. The summed E-state index contributed by atoms with van der Waals surface area (Å²) in [4.78, 5) is 13.2. The molecule has 0 fully saturated rings. The van der Waals surface area contributed by atoms with Gasteiger partial charge in [-0.3, -0.25) is 9.89 Å². The lowest BCUT2D eigenvalue weighted by atomic mass is 10.0.